The normalized spacial score (nSPS) is 10.8. The van der Waals surface area contributed by atoms with Crippen LogP contribution in [0.25, 0.3) is 5.82 Å². The average Bonchev–Trinajstić information content (AvgIpc) is 3.12. The molecule has 0 fully saturated rings. The third-order valence-electron chi connectivity index (χ3n) is 4.41. The van der Waals surface area contributed by atoms with Gasteiger partial charge in [0.15, 0.2) is 5.82 Å². The van der Waals surface area contributed by atoms with Crippen LogP contribution in [-0.4, -0.2) is 44.3 Å². The highest BCUT2D eigenvalue weighted by atomic mass is 79.9. The van der Waals surface area contributed by atoms with Crippen LogP contribution in [0.1, 0.15) is 22.5 Å². The van der Waals surface area contributed by atoms with Gasteiger partial charge in [0.05, 0.1) is 16.4 Å². The standard InChI is InChI=1S/C20H17BrCl3N5O3/c1-11-8-12(23)9-14(28(20(31)32)7-3-5-22)17(11)26-19(30)15-10-16(21)27-29(15)18-13(24)4-2-6-25-18/h2,4,6,8-10H,3,5,7H2,1H3,(H,26,30)(H,31,32). The molecular weight excluding hydrogens is 545 g/mol. The molecule has 1 aromatic carbocycles. The number of hydrogen-bond donors (Lipinski definition) is 2. The number of carbonyl (C=O) groups is 2. The van der Waals surface area contributed by atoms with E-state index in [1.165, 1.54) is 23.0 Å². The second-order valence-corrected chi connectivity index (χ2v) is 8.65. The summed E-state index contributed by atoms with van der Waals surface area (Å²) >= 11 is 21.4. The molecule has 12 heteroatoms. The number of nitrogens with zero attached hydrogens (tertiary/aromatic N) is 4. The van der Waals surface area contributed by atoms with E-state index in [9.17, 15) is 14.7 Å². The molecule has 2 N–H and O–H groups in total. The maximum Gasteiger partial charge on any atom is 0.411 e. The summed E-state index contributed by atoms with van der Waals surface area (Å²) in [6.45, 7) is 1.85. The van der Waals surface area contributed by atoms with Crippen molar-refractivity contribution in [2.45, 2.75) is 13.3 Å². The van der Waals surface area contributed by atoms with Crippen LogP contribution in [0, 0.1) is 6.92 Å². The van der Waals surface area contributed by atoms with Crippen molar-refractivity contribution in [2.75, 3.05) is 22.6 Å². The van der Waals surface area contributed by atoms with E-state index in [0.29, 0.717) is 32.3 Å². The zero-order chi connectivity index (χ0) is 23.4. The highest BCUT2D eigenvalue weighted by Gasteiger charge is 2.24. The summed E-state index contributed by atoms with van der Waals surface area (Å²) in [5.74, 6) is 0.00917. The summed E-state index contributed by atoms with van der Waals surface area (Å²) in [5.41, 5.74) is 1.26. The number of aromatic nitrogens is 3. The maximum absolute atomic E-state index is 13.2. The first-order valence-electron chi connectivity index (χ1n) is 9.27. The highest BCUT2D eigenvalue weighted by Crippen LogP contribution is 2.34. The van der Waals surface area contributed by atoms with Crippen molar-refractivity contribution >= 4 is 74.1 Å². The minimum Gasteiger partial charge on any atom is -0.465 e. The molecule has 0 bridgehead atoms. The van der Waals surface area contributed by atoms with Gasteiger partial charge in [-0.05, 0) is 59.1 Å². The number of alkyl halides is 1. The number of pyridine rings is 1. The number of benzene rings is 1. The van der Waals surface area contributed by atoms with Crippen molar-refractivity contribution in [2.24, 2.45) is 0 Å². The van der Waals surface area contributed by atoms with E-state index in [-0.39, 0.29) is 29.6 Å². The van der Waals surface area contributed by atoms with Gasteiger partial charge in [0.1, 0.15) is 10.3 Å². The van der Waals surface area contributed by atoms with Crippen LogP contribution in [0.5, 0.6) is 0 Å². The number of nitrogens with one attached hydrogen (secondary N) is 1. The molecule has 2 aromatic heterocycles. The lowest BCUT2D eigenvalue weighted by Crippen LogP contribution is -2.32. The molecule has 0 aliphatic rings. The fraction of sp³-hybridized carbons (Fsp3) is 0.200. The van der Waals surface area contributed by atoms with Crippen molar-refractivity contribution in [1.82, 2.24) is 14.8 Å². The molecule has 168 valence electrons. The average molecular weight is 562 g/mol. The van der Waals surface area contributed by atoms with Crippen molar-refractivity contribution < 1.29 is 14.7 Å². The molecule has 2 heterocycles. The Labute approximate surface area is 207 Å². The van der Waals surface area contributed by atoms with E-state index < -0.39 is 12.0 Å². The molecule has 8 nitrogen and oxygen atoms in total. The molecule has 3 aromatic rings. The number of amides is 2. The number of anilines is 2. The lowest BCUT2D eigenvalue weighted by atomic mass is 10.1. The SMILES string of the molecule is Cc1cc(Cl)cc(N(CCCCl)C(=O)O)c1NC(=O)c1cc(Br)nn1-c1ncccc1Cl. The summed E-state index contributed by atoms with van der Waals surface area (Å²) in [6.07, 6.45) is 0.756. The molecule has 0 aliphatic carbocycles. The van der Waals surface area contributed by atoms with Gasteiger partial charge in [0.2, 0.25) is 0 Å². The number of carbonyl (C=O) groups excluding carboxylic acids is 1. The van der Waals surface area contributed by atoms with Crippen LogP contribution in [-0.2, 0) is 0 Å². The fourth-order valence-electron chi connectivity index (χ4n) is 3.02. The van der Waals surface area contributed by atoms with Gasteiger partial charge in [-0.2, -0.15) is 5.10 Å². The largest absolute Gasteiger partial charge is 0.465 e. The third-order valence-corrected chi connectivity index (χ3v) is 5.57. The Morgan fingerprint density at radius 3 is 2.69 bits per heavy atom. The Balaban J connectivity index is 2.04. The smallest absolute Gasteiger partial charge is 0.411 e. The first-order valence-corrected chi connectivity index (χ1v) is 11.4. The number of rotatable bonds is 7. The minimum absolute atomic E-state index is 0.133. The summed E-state index contributed by atoms with van der Waals surface area (Å²) < 4.78 is 1.70. The predicted octanol–water partition coefficient (Wildman–Crippen LogP) is 6.01. The molecule has 3 rings (SSSR count). The molecule has 0 aliphatic heterocycles. The molecule has 0 atom stereocenters. The van der Waals surface area contributed by atoms with Gasteiger partial charge in [-0.25, -0.2) is 14.5 Å². The zero-order valence-corrected chi connectivity index (χ0v) is 20.5. The van der Waals surface area contributed by atoms with Gasteiger partial charge in [-0.1, -0.05) is 23.2 Å². The molecule has 32 heavy (non-hydrogen) atoms. The fourth-order valence-corrected chi connectivity index (χ4v) is 3.99. The number of aryl methyl sites for hydroxylation is 1. The second kappa shape index (κ2) is 10.5. The van der Waals surface area contributed by atoms with Crippen LogP contribution >= 0.6 is 50.7 Å². The summed E-state index contributed by atoms with van der Waals surface area (Å²) in [5, 5.41) is 17.4. The first-order chi connectivity index (χ1) is 15.2. The van der Waals surface area contributed by atoms with Gasteiger partial charge in [-0.15, -0.1) is 11.6 Å². The highest BCUT2D eigenvalue weighted by molar-refractivity contribution is 9.10. The number of carboxylic acid groups (broad SMARTS) is 1. The van der Waals surface area contributed by atoms with E-state index in [4.69, 9.17) is 34.8 Å². The van der Waals surface area contributed by atoms with E-state index in [2.05, 4.69) is 31.3 Å². The van der Waals surface area contributed by atoms with E-state index in [1.807, 2.05) is 0 Å². The summed E-state index contributed by atoms with van der Waals surface area (Å²) in [7, 11) is 0. The summed E-state index contributed by atoms with van der Waals surface area (Å²) in [4.78, 5) is 30.4. The Hall–Kier alpha value is -2.33. The third kappa shape index (κ3) is 5.35. The molecule has 0 spiro atoms. The lowest BCUT2D eigenvalue weighted by molar-refractivity contribution is 0.101. The quantitative estimate of drug-likeness (QED) is 0.344. The Bertz CT molecular complexity index is 1170. The van der Waals surface area contributed by atoms with E-state index >= 15 is 0 Å². The number of hydrogen-bond acceptors (Lipinski definition) is 4. The van der Waals surface area contributed by atoms with Gasteiger partial charge in [0, 0.05) is 29.7 Å². The molecule has 2 amide bonds. The van der Waals surface area contributed by atoms with Crippen molar-refractivity contribution in [3.8, 4) is 5.82 Å². The van der Waals surface area contributed by atoms with Gasteiger partial charge >= 0.3 is 6.09 Å². The van der Waals surface area contributed by atoms with E-state index in [1.54, 1.807) is 25.1 Å². The summed E-state index contributed by atoms with van der Waals surface area (Å²) in [6, 6.07) is 7.91. The first kappa shape index (κ1) is 24.3. The monoisotopic (exact) mass is 559 g/mol. The Morgan fingerprint density at radius 2 is 2.03 bits per heavy atom. The van der Waals surface area contributed by atoms with Gasteiger partial charge in [-0.3, -0.25) is 9.69 Å². The van der Waals surface area contributed by atoms with Crippen molar-refractivity contribution in [1.29, 1.82) is 0 Å². The van der Waals surface area contributed by atoms with Gasteiger partial charge in [0.25, 0.3) is 5.91 Å². The second-order valence-electron chi connectivity index (χ2n) is 6.62. The van der Waals surface area contributed by atoms with Crippen molar-refractivity contribution in [3.63, 3.8) is 0 Å². The topological polar surface area (TPSA) is 100 Å². The lowest BCUT2D eigenvalue weighted by Gasteiger charge is -2.24. The van der Waals surface area contributed by atoms with E-state index in [0.717, 1.165) is 4.90 Å². The van der Waals surface area contributed by atoms with Crippen molar-refractivity contribution in [3.05, 3.63) is 62.4 Å². The van der Waals surface area contributed by atoms with Gasteiger partial charge < -0.3 is 10.4 Å². The zero-order valence-electron chi connectivity index (χ0n) is 16.6. The van der Waals surface area contributed by atoms with Crippen LogP contribution in [0.15, 0.2) is 41.1 Å². The van der Waals surface area contributed by atoms with Crippen LogP contribution in [0.2, 0.25) is 10.0 Å². The molecule has 0 saturated heterocycles. The van der Waals surface area contributed by atoms with Crippen LogP contribution in [0.4, 0.5) is 16.2 Å². The molecule has 0 radical (unpaired) electrons. The van der Waals surface area contributed by atoms with Crippen LogP contribution < -0.4 is 10.2 Å². The predicted molar refractivity (Wildman–Crippen MR) is 129 cm³/mol. The molecular formula is C20H17BrCl3N5O3. The Kier molecular flexibility index (Phi) is 8.00. The number of halogens is 4. The van der Waals surface area contributed by atoms with Crippen LogP contribution in [0.3, 0.4) is 0 Å². The Morgan fingerprint density at radius 1 is 1.28 bits per heavy atom. The molecule has 0 unspecified atom stereocenters. The minimum atomic E-state index is -1.19. The molecule has 0 saturated carbocycles. The maximum atomic E-state index is 13.2.